The Bertz CT molecular complexity index is 1110. The highest BCUT2D eigenvalue weighted by atomic mass is 32.1. The van der Waals surface area contributed by atoms with E-state index in [0.717, 1.165) is 15.8 Å². The highest BCUT2D eigenvalue weighted by Crippen LogP contribution is 2.23. The van der Waals surface area contributed by atoms with Crippen LogP contribution in [0.4, 0.5) is 0 Å². The number of hydrogen-bond acceptors (Lipinski definition) is 4. The fourth-order valence-corrected chi connectivity index (χ4v) is 3.70. The fraction of sp³-hybridized carbons (Fsp3) is 0.167. The van der Waals surface area contributed by atoms with Crippen molar-refractivity contribution in [3.8, 4) is 0 Å². The van der Waals surface area contributed by atoms with Crippen LogP contribution in [0.1, 0.15) is 18.5 Å². The van der Waals surface area contributed by atoms with Crippen molar-refractivity contribution in [2.24, 2.45) is 0 Å². The lowest BCUT2D eigenvalue weighted by atomic mass is 10.1. The van der Waals surface area contributed by atoms with E-state index in [-0.39, 0.29) is 24.1 Å². The van der Waals surface area contributed by atoms with Gasteiger partial charge in [-0.05, 0) is 30.0 Å². The SMILES string of the molecule is C[C@@H](NC(=O)Cn1ncn2c(cc3sccc32)c1=O)c1ccccc1. The van der Waals surface area contributed by atoms with E-state index in [2.05, 4.69) is 10.4 Å². The summed E-state index contributed by atoms with van der Waals surface area (Å²) in [6.07, 6.45) is 1.58. The van der Waals surface area contributed by atoms with Crippen molar-refractivity contribution in [1.82, 2.24) is 19.5 Å². The molecule has 0 aliphatic carbocycles. The van der Waals surface area contributed by atoms with Crippen LogP contribution in [0.15, 0.2) is 59.0 Å². The Morgan fingerprint density at radius 3 is 2.84 bits per heavy atom. The van der Waals surface area contributed by atoms with Gasteiger partial charge in [-0.3, -0.25) is 14.0 Å². The minimum absolute atomic E-state index is 0.106. The zero-order chi connectivity index (χ0) is 17.4. The summed E-state index contributed by atoms with van der Waals surface area (Å²) < 4.78 is 3.99. The molecule has 1 amide bonds. The lowest BCUT2D eigenvalue weighted by molar-refractivity contribution is -0.122. The molecule has 0 bridgehead atoms. The molecule has 3 aromatic heterocycles. The Labute approximate surface area is 147 Å². The van der Waals surface area contributed by atoms with E-state index in [0.29, 0.717) is 5.52 Å². The average molecular weight is 352 g/mol. The number of aromatic nitrogens is 3. The van der Waals surface area contributed by atoms with Crippen LogP contribution in [-0.4, -0.2) is 20.1 Å². The molecule has 0 unspecified atom stereocenters. The van der Waals surface area contributed by atoms with Gasteiger partial charge in [0.15, 0.2) is 0 Å². The van der Waals surface area contributed by atoms with Crippen LogP contribution in [0.5, 0.6) is 0 Å². The molecule has 0 aliphatic rings. The molecule has 4 aromatic rings. The summed E-state index contributed by atoms with van der Waals surface area (Å²) in [7, 11) is 0. The van der Waals surface area contributed by atoms with Crippen LogP contribution in [-0.2, 0) is 11.3 Å². The average Bonchev–Trinajstić information content (AvgIpc) is 3.20. The highest BCUT2D eigenvalue weighted by Gasteiger charge is 2.14. The number of nitrogens with one attached hydrogen (secondary N) is 1. The predicted molar refractivity (Wildman–Crippen MR) is 97.8 cm³/mol. The van der Waals surface area contributed by atoms with Gasteiger partial charge in [0.1, 0.15) is 18.4 Å². The first-order valence-corrected chi connectivity index (χ1v) is 8.80. The number of fused-ring (bicyclic) bond motifs is 3. The maximum absolute atomic E-state index is 12.6. The summed E-state index contributed by atoms with van der Waals surface area (Å²) in [5.74, 6) is -0.247. The minimum atomic E-state index is -0.270. The minimum Gasteiger partial charge on any atom is -0.348 e. The third-order valence-electron chi connectivity index (χ3n) is 4.19. The summed E-state index contributed by atoms with van der Waals surface area (Å²) in [5.41, 5.74) is 2.23. The monoisotopic (exact) mass is 352 g/mol. The summed E-state index contributed by atoms with van der Waals surface area (Å²) >= 11 is 1.57. The van der Waals surface area contributed by atoms with Gasteiger partial charge in [-0.2, -0.15) is 5.10 Å². The smallest absolute Gasteiger partial charge is 0.291 e. The Morgan fingerprint density at radius 1 is 1.24 bits per heavy atom. The molecule has 126 valence electrons. The van der Waals surface area contributed by atoms with Gasteiger partial charge < -0.3 is 5.32 Å². The molecule has 7 heteroatoms. The number of hydrogen-bond donors (Lipinski definition) is 1. The second-order valence-corrected chi connectivity index (χ2v) is 6.81. The molecule has 4 rings (SSSR count). The molecule has 0 fully saturated rings. The fourth-order valence-electron chi connectivity index (χ4n) is 2.89. The van der Waals surface area contributed by atoms with Gasteiger partial charge >= 0.3 is 0 Å². The molecule has 0 saturated heterocycles. The number of nitrogens with zero attached hydrogens (tertiary/aromatic N) is 3. The molecular weight excluding hydrogens is 336 g/mol. The number of carbonyl (C=O) groups is 1. The topological polar surface area (TPSA) is 68.4 Å². The zero-order valence-electron chi connectivity index (χ0n) is 13.5. The van der Waals surface area contributed by atoms with Crippen molar-refractivity contribution < 1.29 is 4.79 Å². The Kier molecular flexibility index (Phi) is 3.85. The predicted octanol–water partition coefficient (Wildman–Crippen LogP) is 2.59. The molecule has 1 atom stereocenters. The Hall–Kier alpha value is -2.93. The van der Waals surface area contributed by atoms with Crippen molar-refractivity contribution in [3.63, 3.8) is 0 Å². The van der Waals surface area contributed by atoms with E-state index in [1.54, 1.807) is 22.1 Å². The molecule has 0 spiro atoms. The standard InChI is InChI=1S/C18H16N4O2S/c1-12(13-5-3-2-4-6-13)20-17(23)10-22-18(24)15-9-16-14(7-8-25-16)21(15)11-19-22/h2-9,11-12H,10H2,1H3,(H,20,23)/t12-/m1/s1. The summed E-state index contributed by atoms with van der Waals surface area (Å²) in [4.78, 5) is 24.9. The first-order valence-electron chi connectivity index (χ1n) is 7.92. The van der Waals surface area contributed by atoms with Crippen molar-refractivity contribution in [1.29, 1.82) is 0 Å². The normalized spacial score (nSPS) is 12.5. The number of benzene rings is 1. The molecule has 3 heterocycles. The molecule has 6 nitrogen and oxygen atoms in total. The van der Waals surface area contributed by atoms with Crippen LogP contribution in [0, 0.1) is 0 Å². The third-order valence-corrected chi connectivity index (χ3v) is 5.04. The maximum Gasteiger partial charge on any atom is 0.291 e. The van der Waals surface area contributed by atoms with Gasteiger partial charge in [0.05, 0.1) is 16.3 Å². The molecule has 25 heavy (non-hydrogen) atoms. The number of amides is 1. The molecule has 0 radical (unpaired) electrons. The van der Waals surface area contributed by atoms with E-state index in [1.165, 1.54) is 4.68 Å². The van der Waals surface area contributed by atoms with Crippen molar-refractivity contribution in [2.45, 2.75) is 19.5 Å². The summed E-state index contributed by atoms with van der Waals surface area (Å²) in [5, 5.41) is 9.01. The van der Waals surface area contributed by atoms with E-state index in [1.807, 2.05) is 54.8 Å². The van der Waals surface area contributed by atoms with E-state index >= 15 is 0 Å². The van der Waals surface area contributed by atoms with Crippen LogP contribution >= 0.6 is 11.3 Å². The van der Waals surface area contributed by atoms with E-state index in [9.17, 15) is 9.59 Å². The molecular formula is C18H16N4O2S. The molecule has 0 saturated carbocycles. The number of thiophene rings is 1. The van der Waals surface area contributed by atoms with Gasteiger partial charge in [0, 0.05) is 0 Å². The first-order chi connectivity index (χ1) is 12.1. The molecule has 0 aliphatic heterocycles. The van der Waals surface area contributed by atoms with Crippen LogP contribution in [0.25, 0.3) is 15.7 Å². The lowest BCUT2D eigenvalue weighted by Crippen LogP contribution is -2.35. The van der Waals surface area contributed by atoms with Gasteiger partial charge in [-0.25, -0.2) is 4.68 Å². The quantitative estimate of drug-likeness (QED) is 0.614. The van der Waals surface area contributed by atoms with Gasteiger partial charge in [-0.15, -0.1) is 11.3 Å². The maximum atomic E-state index is 12.6. The second kappa shape index (κ2) is 6.18. The van der Waals surface area contributed by atoms with Crippen LogP contribution in [0.3, 0.4) is 0 Å². The highest BCUT2D eigenvalue weighted by molar-refractivity contribution is 7.17. The van der Waals surface area contributed by atoms with Crippen LogP contribution in [0.2, 0.25) is 0 Å². The van der Waals surface area contributed by atoms with E-state index < -0.39 is 0 Å². The van der Waals surface area contributed by atoms with Crippen molar-refractivity contribution in [3.05, 3.63) is 70.1 Å². The third kappa shape index (κ3) is 2.83. The summed E-state index contributed by atoms with van der Waals surface area (Å²) in [6.45, 7) is 1.80. The largest absolute Gasteiger partial charge is 0.348 e. The second-order valence-electron chi connectivity index (χ2n) is 5.86. The lowest BCUT2D eigenvalue weighted by Gasteiger charge is -2.14. The van der Waals surface area contributed by atoms with Gasteiger partial charge in [0.25, 0.3) is 5.56 Å². The Balaban J connectivity index is 1.57. The Morgan fingerprint density at radius 2 is 2.04 bits per heavy atom. The van der Waals surface area contributed by atoms with Gasteiger partial charge in [0.2, 0.25) is 5.91 Å². The number of carbonyl (C=O) groups excluding carboxylic acids is 1. The first kappa shape index (κ1) is 15.6. The number of rotatable bonds is 4. The van der Waals surface area contributed by atoms with Crippen molar-refractivity contribution >= 4 is 33.0 Å². The van der Waals surface area contributed by atoms with Crippen LogP contribution < -0.4 is 10.9 Å². The van der Waals surface area contributed by atoms with Gasteiger partial charge in [-0.1, -0.05) is 30.3 Å². The molecule has 1 N–H and O–H groups in total. The summed E-state index contributed by atoms with van der Waals surface area (Å²) in [6, 6.07) is 13.3. The van der Waals surface area contributed by atoms with Crippen molar-refractivity contribution in [2.75, 3.05) is 0 Å². The van der Waals surface area contributed by atoms with E-state index in [4.69, 9.17) is 0 Å². The molecule has 1 aromatic carbocycles. The zero-order valence-corrected chi connectivity index (χ0v) is 14.4.